The lowest BCUT2D eigenvalue weighted by Gasteiger charge is -2.36. The van der Waals surface area contributed by atoms with E-state index in [1.54, 1.807) is 62.4 Å². The van der Waals surface area contributed by atoms with E-state index in [0.717, 1.165) is 5.06 Å². The summed E-state index contributed by atoms with van der Waals surface area (Å²) in [5.41, 5.74) is 0.800. The van der Waals surface area contributed by atoms with E-state index >= 15 is 0 Å². The van der Waals surface area contributed by atoms with Gasteiger partial charge in [0.05, 0.1) is 26.4 Å². The first-order valence-electron chi connectivity index (χ1n) is 10.9. The number of benzene rings is 2. The van der Waals surface area contributed by atoms with Gasteiger partial charge in [0.15, 0.2) is 11.9 Å². The minimum absolute atomic E-state index is 0.0210. The van der Waals surface area contributed by atoms with Crippen molar-refractivity contribution in [1.82, 2.24) is 5.06 Å². The average Bonchev–Trinajstić information content (AvgIpc) is 3.21. The van der Waals surface area contributed by atoms with Crippen LogP contribution in [-0.2, 0) is 28.0 Å². The van der Waals surface area contributed by atoms with Crippen molar-refractivity contribution in [2.75, 3.05) is 20.3 Å². The molecule has 0 spiro atoms. The Morgan fingerprint density at radius 1 is 1.03 bits per heavy atom. The second kappa shape index (κ2) is 11.5. The van der Waals surface area contributed by atoms with Crippen molar-refractivity contribution < 1.29 is 43.0 Å². The number of carbonyl (C=O) groups is 2. The number of ether oxygens (including phenoxy) is 1. The van der Waals surface area contributed by atoms with Gasteiger partial charge in [0.2, 0.25) is 0 Å². The van der Waals surface area contributed by atoms with Crippen molar-refractivity contribution in [2.24, 2.45) is 5.92 Å². The molecule has 3 rings (SSSR count). The highest BCUT2D eigenvalue weighted by Crippen LogP contribution is 2.65. The number of aliphatic carboxylic acids is 2. The van der Waals surface area contributed by atoms with Crippen molar-refractivity contribution in [3.05, 3.63) is 64.7 Å². The maximum Gasteiger partial charge on any atom is 0.354 e. The fraction of sp³-hybridized carbons (Fsp3) is 0.391. The highest BCUT2D eigenvalue weighted by Gasteiger charge is 2.58. The SMILES string of the molecule is CCOP(=O)(OCC)C(c1ccc(Cl)cc1)N1O[C@H](C(=O)O)[C@H](C(=O)O)[C@@H]1c1ccc(OC)cc1. The predicted octanol–water partition coefficient (Wildman–Crippen LogP) is 4.76. The Morgan fingerprint density at radius 2 is 1.60 bits per heavy atom. The van der Waals surface area contributed by atoms with E-state index in [-0.39, 0.29) is 13.2 Å². The number of hydrogen-bond donors (Lipinski definition) is 2. The second-order valence-corrected chi connectivity index (χ2v) is 10.1. The average molecular weight is 528 g/mol. The number of nitrogens with zero attached hydrogens (tertiary/aromatic N) is 1. The molecule has 1 fully saturated rings. The summed E-state index contributed by atoms with van der Waals surface area (Å²) in [6, 6.07) is 11.6. The van der Waals surface area contributed by atoms with Crippen LogP contribution in [0, 0.1) is 5.92 Å². The van der Waals surface area contributed by atoms with Gasteiger partial charge in [-0.1, -0.05) is 35.9 Å². The summed E-state index contributed by atoms with van der Waals surface area (Å²) in [6.07, 6.45) is -1.76. The fourth-order valence-corrected chi connectivity index (χ4v) is 6.27. The Balaban J connectivity index is 2.25. The third-order valence-electron chi connectivity index (χ3n) is 5.49. The number of carboxylic acid groups (broad SMARTS) is 2. The van der Waals surface area contributed by atoms with Crippen LogP contribution in [0.2, 0.25) is 5.02 Å². The molecule has 1 aliphatic rings. The molecule has 1 unspecified atom stereocenters. The van der Waals surface area contributed by atoms with Crippen LogP contribution in [0.4, 0.5) is 0 Å². The Labute approximate surface area is 207 Å². The van der Waals surface area contributed by atoms with Crippen LogP contribution in [0.15, 0.2) is 48.5 Å². The zero-order chi connectivity index (χ0) is 25.8. The van der Waals surface area contributed by atoms with E-state index in [9.17, 15) is 24.4 Å². The molecule has 2 aromatic carbocycles. The number of halogens is 1. The van der Waals surface area contributed by atoms with Gasteiger partial charge in [0, 0.05) is 5.02 Å². The molecule has 190 valence electrons. The van der Waals surface area contributed by atoms with E-state index in [1.807, 2.05) is 0 Å². The van der Waals surface area contributed by atoms with Crippen molar-refractivity contribution in [3.63, 3.8) is 0 Å². The molecule has 2 aromatic rings. The molecule has 10 nitrogen and oxygen atoms in total. The number of rotatable bonds is 11. The molecule has 0 radical (unpaired) electrons. The second-order valence-electron chi connectivity index (χ2n) is 7.61. The summed E-state index contributed by atoms with van der Waals surface area (Å²) in [7, 11) is -2.57. The first-order valence-corrected chi connectivity index (χ1v) is 12.8. The summed E-state index contributed by atoms with van der Waals surface area (Å²) in [4.78, 5) is 30.2. The van der Waals surface area contributed by atoms with Gasteiger partial charge in [0.1, 0.15) is 11.7 Å². The lowest BCUT2D eigenvalue weighted by molar-refractivity contribution is -0.195. The van der Waals surface area contributed by atoms with E-state index < -0.39 is 43.4 Å². The normalized spacial score (nSPS) is 21.5. The van der Waals surface area contributed by atoms with Crippen LogP contribution in [-0.4, -0.2) is 53.6 Å². The molecular weight excluding hydrogens is 501 g/mol. The van der Waals surface area contributed by atoms with Crippen molar-refractivity contribution in [1.29, 1.82) is 0 Å². The van der Waals surface area contributed by atoms with Crippen LogP contribution >= 0.6 is 19.2 Å². The van der Waals surface area contributed by atoms with E-state index in [2.05, 4.69) is 0 Å². The van der Waals surface area contributed by atoms with Crippen LogP contribution in [0.5, 0.6) is 5.75 Å². The topological polar surface area (TPSA) is 132 Å². The largest absolute Gasteiger partial charge is 0.497 e. The Hall–Kier alpha value is -2.46. The molecule has 1 saturated heterocycles. The maximum atomic E-state index is 14.1. The molecular formula is C23H27ClNO9P. The van der Waals surface area contributed by atoms with Gasteiger partial charge < -0.3 is 24.0 Å². The standard InChI is InChI=1S/C23H27ClNO9P/c1-4-32-35(30,33-5-2)21(15-6-10-16(24)11-7-15)25-19(14-8-12-17(31-3)13-9-14)18(22(26)27)20(34-25)23(28)29/h6-13,18-21H,4-5H2,1-3H3,(H,26,27)(H,28,29)/t18-,19+,20+,21?/m1/s1. The van der Waals surface area contributed by atoms with Gasteiger partial charge in [-0.25, -0.2) is 4.79 Å². The van der Waals surface area contributed by atoms with Gasteiger partial charge in [0.25, 0.3) is 0 Å². The summed E-state index contributed by atoms with van der Waals surface area (Å²) >= 11 is 6.05. The van der Waals surface area contributed by atoms with Gasteiger partial charge >= 0.3 is 19.5 Å². The van der Waals surface area contributed by atoms with Crippen LogP contribution in [0.1, 0.15) is 36.8 Å². The Bertz CT molecular complexity index is 1070. The van der Waals surface area contributed by atoms with Gasteiger partial charge in [-0.3, -0.25) is 14.2 Å². The molecule has 0 bridgehead atoms. The molecule has 0 aromatic heterocycles. The Morgan fingerprint density at radius 3 is 2.06 bits per heavy atom. The van der Waals surface area contributed by atoms with Gasteiger partial charge in [-0.05, 0) is 49.2 Å². The monoisotopic (exact) mass is 527 g/mol. The maximum absolute atomic E-state index is 14.1. The number of hydrogen-bond acceptors (Lipinski definition) is 8. The zero-order valence-electron chi connectivity index (χ0n) is 19.4. The summed E-state index contributed by atoms with van der Waals surface area (Å²) in [6.45, 7) is 3.31. The van der Waals surface area contributed by atoms with E-state index in [4.69, 9.17) is 30.2 Å². The molecule has 0 amide bonds. The predicted molar refractivity (Wildman–Crippen MR) is 126 cm³/mol. The van der Waals surface area contributed by atoms with Crippen molar-refractivity contribution in [2.45, 2.75) is 31.8 Å². The van der Waals surface area contributed by atoms with Gasteiger partial charge in [-0.2, -0.15) is 5.06 Å². The first-order chi connectivity index (χ1) is 16.7. The molecule has 12 heteroatoms. The highest BCUT2D eigenvalue weighted by molar-refractivity contribution is 7.54. The number of carboxylic acids is 2. The fourth-order valence-electron chi connectivity index (χ4n) is 4.06. The zero-order valence-corrected chi connectivity index (χ0v) is 21.0. The van der Waals surface area contributed by atoms with Crippen LogP contribution < -0.4 is 4.74 Å². The summed E-state index contributed by atoms with van der Waals surface area (Å²) in [5, 5.41) is 21.4. The van der Waals surface area contributed by atoms with E-state index in [0.29, 0.717) is 21.9 Å². The third kappa shape index (κ3) is 5.69. The number of methoxy groups -OCH3 is 1. The third-order valence-corrected chi connectivity index (χ3v) is 8.10. The van der Waals surface area contributed by atoms with Crippen LogP contribution in [0.3, 0.4) is 0 Å². The molecule has 4 atom stereocenters. The molecule has 2 N–H and O–H groups in total. The lowest BCUT2D eigenvalue weighted by Crippen LogP contribution is -2.34. The summed E-state index contributed by atoms with van der Waals surface area (Å²) < 4.78 is 30.5. The first kappa shape index (κ1) is 27.1. The van der Waals surface area contributed by atoms with Gasteiger partial charge in [-0.15, -0.1) is 0 Å². The Kier molecular flexibility index (Phi) is 8.93. The molecule has 0 saturated carbocycles. The molecule has 0 aliphatic carbocycles. The minimum atomic E-state index is -4.06. The van der Waals surface area contributed by atoms with Crippen molar-refractivity contribution >= 4 is 31.1 Å². The highest BCUT2D eigenvalue weighted by atomic mass is 35.5. The molecule has 1 aliphatic heterocycles. The molecule has 35 heavy (non-hydrogen) atoms. The lowest BCUT2D eigenvalue weighted by atomic mass is 9.89. The quantitative estimate of drug-likeness (QED) is 0.394. The smallest absolute Gasteiger partial charge is 0.354 e. The number of hydroxylamine groups is 2. The van der Waals surface area contributed by atoms with E-state index in [1.165, 1.54) is 7.11 Å². The van der Waals surface area contributed by atoms with Crippen molar-refractivity contribution in [3.8, 4) is 5.75 Å². The van der Waals surface area contributed by atoms with Crippen LogP contribution in [0.25, 0.3) is 0 Å². The molecule has 1 heterocycles. The summed E-state index contributed by atoms with van der Waals surface area (Å²) in [5.74, 6) is -5.18. The minimum Gasteiger partial charge on any atom is -0.497 e.